The molecule has 0 unspecified atom stereocenters. The summed E-state index contributed by atoms with van der Waals surface area (Å²) in [6.45, 7) is 9.08. The molecule has 0 aromatic carbocycles. The van der Waals surface area contributed by atoms with Crippen molar-refractivity contribution in [3.63, 3.8) is 0 Å². The van der Waals surface area contributed by atoms with Gasteiger partial charge in [-0.25, -0.2) is 0 Å². The van der Waals surface area contributed by atoms with Gasteiger partial charge in [-0.1, -0.05) is 6.92 Å². The van der Waals surface area contributed by atoms with E-state index in [1.165, 1.54) is 0 Å². The van der Waals surface area contributed by atoms with Gasteiger partial charge in [0.25, 0.3) is 0 Å². The van der Waals surface area contributed by atoms with Crippen LogP contribution in [0.15, 0.2) is 0 Å². The van der Waals surface area contributed by atoms with E-state index < -0.39 is 17.9 Å². The Balaban J connectivity index is 4.44. The average molecular weight is 866 g/mol. The molecule has 0 saturated heterocycles. The molecule has 0 bridgehead atoms. The number of ether oxygens (including phenoxy) is 8. The van der Waals surface area contributed by atoms with Crippen molar-refractivity contribution in [1.29, 1.82) is 0 Å². The van der Waals surface area contributed by atoms with Crippen molar-refractivity contribution in [2.75, 3.05) is 145 Å². The molecule has 0 aliphatic heterocycles. The van der Waals surface area contributed by atoms with Crippen LogP contribution < -0.4 is 38.1 Å². The van der Waals surface area contributed by atoms with Crippen LogP contribution in [-0.4, -0.2) is 186 Å². The highest BCUT2D eigenvalue weighted by Gasteiger charge is 2.21. The van der Waals surface area contributed by atoms with Crippen LogP contribution in [0.4, 0.5) is 0 Å². The Hall–Kier alpha value is -3.38. The molecule has 0 spiro atoms. The number of amides is 5. The topological polar surface area (TPSA) is 288 Å². The lowest BCUT2D eigenvalue weighted by Crippen LogP contribution is -2.49. The van der Waals surface area contributed by atoms with Crippen LogP contribution in [0.3, 0.4) is 0 Å². The lowest BCUT2D eigenvalue weighted by molar-refractivity contribution is -0.130. The Bertz CT molecular complexity index is 1110. The van der Waals surface area contributed by atoms with Gasteiger partial charge in [-0.15, -0.1) is 0 Å². The highest BCUT2D eigenvalue weighted by molar-refractivity contribution is 5.90. The smallest absolute Gasteiger partial charge is 0.243 e. The van der Waals surface area contributed by atoms with Crippen LogP contribution in [0, 0.1) is 0 Å². The normalized spacial score (nSPS) is 11.5. The molecule has 0 radical (unpaired) electrons. The highest BCUT2D eigenvalue weighted by Crippen LogP contribution is 2.03. The monoisotopic (exact) mass is 866 g/mol. The molecule has 0 heterocycles. The highest BCUT2D eigenvalue weighted by atomic mass is 16.6. The van der Waals surface area contributed by atoms with E-state index >= 15 is 0 Å². The lowest BCUT2D eigenvalue weighted by Gasteiger charge is -2.19. The predicted molar refractivity (Wildman–Crippen MR) is 221 cm³/mol. The van der Waals surface area contributed by atoms with Crippen LogP contribution in [0.2, 0.25) is 0 Å². The third-order valence-corrected chi connectivity index (χ3v) is 8.04. The molecule has 0 aromatic rings. The Morgan fingerprint density at radius 1 is 0.433 bits per heavy atom. The number of carbonyl (C=O) groups excluding carboxylic acids is 6. The molecule has 350 valence electrons. The van der Waals surface area contributed by atoms with E-state index in [2.05, 4.69) is 26.6 Å². The van der Waals surface area contributed by atoms with Crippen molar-refractivity contribution in [3.05, 3.63) is 0 Å². The molecule has 1 atom stereocenters. The van der Waals surface area contributed by atoms with Crippen LogP contribution in [0.5, 0.6) is 0 Å². The summed E-state index contributed by atoms with van der Waals surface area (Å²) in [5, 5.41) is 13.5. The SMILES string of the molecule is CCC(=O)CCOCCOCCOCCOCCNC(=O)CNC(=O)[C@H](CCCCNC(=O)CCOCCOCCN)NC(=O)CCCNC(=O)CCOCCOCCN. The molecular formula is C39H75N7O14. The quantitative estimate of drug-likeness (QED) is 0.0329. The van der Waals surface area contributed by atoms with Crippen molar-refractivity contribution >= 4 is 35.3 Å². The fraction of sp³-hybridized carbons (Fsp3) is 0.846. The molecule has 21 nitrogen and oxygen atoms in total. The standard InChI is InChI=1S/C39H75N7O14/c1-2-33(47)8-16-53-24-28-59-30-31-60-29-27-58-21-15-44-38(51)32-45-39(52)34(6-3-4-13-42-35(48)9-17-54-22-25-56-19-11-40)46-37(50)7-5-14-43-36(49)10-18-55-23-26-57-20-12-41/h34H,2-32,40-41H2,1H3,(H,42,48)(H,43,49)(H,44,51)(H,45,52)(H,46,50)/t34-/m0/s1. The number of hydrogen-bond acceptors (Lipinski definition) is 16. The second-order valence-electron chi connectivity index (χ2n) is 13.1. The van der Waals surface area contributed by atoms with Gasteiger partial charge in [0.2, 0.25) is 29.5 Å². The molecule has 21 heteroatoms. The molecule has 5 amide bonds. The van der Waals surface area contributed by atoms with E-state index in [0.29, 0.717) is 138 Å². The average Bonchev–Trinajstić information content (AvgIpc) is 3.24. The maximum atomic E-state index is 13.1. The molecule has 60 heavy (non-hydrogen) atoms. The predicted octanol–water partition coefficient (Wildman–Crippen LogP) is -1.91. The number of Topliss-reactive ketones (excluding diaryl/α,β-unsaturated/α-hetero) is 1. The number of rotatable bonds is 45. The van der Waals surface area contributed by atoms with Gasteiger partial charge in [-0.3, -0.25) is 28.8 Å². The third kappa shape index (κ3) is 40.0. The van der Waals surface area contributed by atoms with Crippen molar-refractivity contribution in [2.24, 2.45) is 11.5 Å². The Morgan fingerprint density at radius 3 is 1.37 bits per heavy atom. The zero-order valence-corrected chi connectivity index (χ0v) is 35.9. The van der Waals surface area contributed by atoms with Crippen LogP contribution in [0.25, 0.3) is 0 Å². The summed E-state index contributed by atoms with van der Waals surface area (Å²) in [6, 6.07) is -0.916. The molecule has 9 N–H and O–H groups in total. The largest absolute Gasteiger partial charge is 0.379 e. The van der Waals surface area contributed by atoms with Crippen LogP contribution >= 0.6 is 0 Å². The summed E-state index contributed by atoms with van der Waals surface area (Å²) in [5.74, 6) is -1.54. The third-order valence-electron chi connectivity index (χ3n) is 8.04. The summed E-state index contributed by atoms with van der Waals surface area (Å²) in [5.41, 5.74) is 10.7. The number of ketones is 1. The summed E-state index contributed by atoms with van der Waals surface area (Å²) in [4.78, 5) is 73.7. The fourth-order valence-electron chi connectivity index (χ4n) is 4.77. The van der Waals surface area contributed by atoms with Gasteiger partial charge in [-0.2, -0.15) is 0 Å². The van der Waals surface area contributed by atoms with Crippen LogP contribution in [0.1, 0.15) is 64.7 Å². The number of unbranched alkanes of at least 4 members (excludes halogenated alkanes) is 1. The minimum Gasteiger partial charge on any atom is -0.379 e. The summed E-state index contributed by atoms with van der Waals surface area (Å²) >= 11 is 0. The first-order valence-electron chi connectivity index (χ1n) is 21.1. The van der Waals surface area contributed by atoms with Gasteiger partial charge < -0.3 is 75.9 Å². The van der Waals surface area contributed by atoms with Crippen molar-refractivity contribution in [3.8, 4) is 0 Å². The van der Waals surface area contributed by atoms with E-state index in [-0.39, 0.29) is 88.6 Å². The molecule has 0 saturated carbocycles. The maximum absolute atomic E-state index is 13.1. The first-order valence-corrected chi connectivity index (χ1v) is 21.1. The Morgan fingerprint density at radius 2 is 0.867 bits per heavy atom. The zero-order chi connectivity index (χ0) is 44.2. The van der Waals surface area contributed by atoms with E-state index in [9.17, 15) is 28.8 Å². The molecule has 0 rings (SSSR count). The van der Waals surface area contributed by atoms with Crippen LogP contribution in [-0.2, 0) is 66.7 Å². The van der Waals surface area contributed by atoms with E-state index in [4.69, 9.17) is 49.4 Å². The number of hydrogen-bond donors (Lipinski definition) is 7. The van der Waals surface area contributed by atoms with Gasteiger partial charge in [0.05, 0.1) is 112 Å². The summed E-state index contributed by atoms with van der Waals surface area (Å²) in [6.07, 6.45) is 3.03. The lowest BCUT2D eigenvalue weighted by atomic mass is 10.1. The van der Waals surface area contributed by atoms with Crippen molar-refractivity contribution in [1.82, 2.24) is 26.6 Å². The van der Waals surface area contributed by atoms with Gasteiger partial charge in [0, 0.05) is 64.8 Å². The summed E-state index contributed by atoms with van der Waals surface area (Å²) in [7, 11) is 0. The Labute approximate surface area is 355 Å². The molecule has 0 fully saturated rings. The van der Waals surface area contributed by atoms with Gasteiger partial charge >= 0.3 is 0 Å². The zero-order valence-electron chi connectivity index (χ0n) is 35.9. The number of carbonyl (C=O) groups is 6. The molecule has 0 aromatic heterocycles. The molecule has 0 aliphatic rings. The van der Waals surface area contributed by atoms with Gasteiger partial charge in [-0.05, 0) is 25.7 Å². The first kappa shape index (κ1) is 56.6. The minimum atomic E-state index is -0.916. The van der Waals surface area contributed by atoms with Gasteiger partial charge in [0.1, 0.15) is 11.8 Å². The Kier molecular flexibility index (Phi) is 41.2. The molecular weight excluding hydrogens is 790 g/mol. The molecule has 0 aliphatic carbocycles. The second-order valence-corrected chi connectivity index (χ2v) is 13.1. The van der Waals surface area contributed by atoms with E-state index in [1.807, 2.05) is 6.92 Å². The summed E-state index contributed by atoms with van der Waals surface area (Å²) < 4.78 is 42.8. The minimum absolute atomic E-state index is 0.0646. The first-order chi connectivity index (χ1) is 29.2. The second kappa shape index (κ2) is 43.7. The van der Waals surface area contributed by atoms with Gasteiger partial charge in [0.15, 0.2) is 0 Å². The van der Waals surface area contributed by atoms with E-state index in [0.717, 1.165) is 0 Å². The van der Waals surface area contributed by atoms with E-state index in [1.54, 1.807) is 0 Å². The van der Waals surface area contributed by atoms with Crippen molar-refractivity contribution < 1.29 is 66.7 Å². The van der Waals surface area contributed by atoms with Crippen molar-refractivity contribution in [2.45, 2.75) is 70.8 Å². The number of nitrogens with one attached hydrogen (secondary N) is 5. The fourth-order valence-corrected chi connectivity index (χ4v) is 4.77. The number of nitrogens with two attached hydrogens (primary N) is 2. The maximum Gasteiger partial charge on any atom is 0.243 e.